The van der Waals surface area contributed by atoms with Gasteiger partial charge >= 0.3 is 18.1 Å². The van der Waals surface area contributed by atoms with Crippen LogP contribution in [0.25, 0.3) is 11.3 Å². The molecule has 0 spiro atoms. The zero-order valence-electron chi connectivity index (χ0n) is 22.6. The second-order valence-corrected chi connectivity index (χ2v) is 9.73. The fourth-order valence-electron chi connectivity index (χ4n) is 4.49. The molecule has 0 atom stereocenters. The first kappa shape index (κ1) is 30.6. The molecule has 4 N–H and O–H groups in total. The summed E-state index contributed by atoms with van der Waals surface area (Å²) in [5.41, 5.74) is 0.0988. The Morgan fingerprint density at radius 1 is 1.12 bits per heavy atom. The van der Waals surface area contributed by atoms with Gasteiger partial charge in [-0.05, 0) is 50.6 Å². The Balaban J connectivity index is 1.99. The number of urea groups is 1. The summed E-state index contributed by atoms with van der Waals surface area (Å²) in [4.78, 5) is 35.3. The van der Waals surface area contributed by atoms with E-state index in [1.165, 1.54) is 32.0 Å². The van der Waals surface area contributed by atoms with Gasteiger partial charge in [0.1, 0.15) is 17.3 Å². The van der Waals surface area contributed by atoms with E-state index in [4.69, 9.17) is 0 Å². The third-order valence-corrected chi connectivity index (χ3v) is 6.48. The molecule has 0 aliphatic carbocycles. The molecule has 2 aromatic carbocycles. The number of benzene rings is 2. The van der Waals surface area contributed by atoms with Crippen LogP contribution in [-0.2, 0) is 11.3 Å². The molecular weight excluding hydrogens is 567 g/mol. The zero-order valence-corrected chi connectivity index (χ0v) is 22.6. The van der Waals surface area contributed by atoms with E-state index in [0.717, 1.165) is 18.2 Å². The summed E-state index contributed by atoms with van der Waals surface area (Å²) in [6.45, 7) is 3.12. The van der Waals surface area contributed by atoms with Crippen LogP contribution in [0.1, 0.15) is 25.0 Å². The number of fused-ring (bicyclic) bond motifs is 1. The SMILES string of the molecule is Cc1ccc(N(C(=O)C(F)(F)F)C(C)C)cc1-c1nc(NC(CO)CO)nc2c1CNC(=O)N2c1c(F)cccc1F. The maximum absolute atomic E-state index is 14.9. The maximum Gasteiger partial charge on any atom is 0.471 e. The number of alkyl halides is 3. The zero-order chi connectivity index (χ0) is 30.9. The Labute approximate surface area is 236 Å². The minimum Gasteiger partial charge on any atom is -0.394 e. The number of aromatic nitrogens is 2. The van der Waals surface area contributed by atoms with Gasteiger partial charge in [0.25, 0.3) is 0 Å². The van der Waals surface area contributed by atoms with Crippen molar-refractivity contribution in [1.29, 1.82) is 0 Å². The first-order valence-electron chi connectivity index (χ1n) is 12.7. The first-order valence-corrected chi connectivity index (χ1v) is 12.7. The lowest BCUT2D eigenvalue weighted by molar-refractivity contribution is -0.170. The van der Waals surface area contributed by atoms with Gasteiger partial charge in [0.05, 0.1) is 31.5 Å². The van der Waals surface area contributed by atoms with E-state index in [1.807, 2.05) is 0 Å². The minimum absolute atomic E-state index is 0.0568. The lowest BCUT2D eigenvalue weighted by Crippen LogP contribution is -2.45. The van der Waals surface area contributed by atoms with Gasteiger partial charge in [0, 0.05) is 22.9 Å². The number of aliphatic hydroxyl groups is 2. The Morgan fingerprint density at radius 2 is 1.76 bits per heavy atom. The number of aryl methyl sites for hydroxylation is 1. The molecule has 1 aromatic heterocycles. The quantitative estimate of drug-likeness (QED) is 0.288. The van der Waals surface area contributed by atoms with Crippen LogP contribution in [0.4, 0.5) is 49.9 Å². The van der Waals surface area contributed by atoms with Crippen LogP contribution in [0.5, 0.6) is 0 Å². The largest absolute Gasteiger partial charge is 0.471 e. The highest BCUT2D eigenvalue weighted by Crippen LogP contribution is 2.40. The van der Waals surface area contributed by atoms with Crippen molar-refractivity contribution in [2.75, 3.05) is 28.3 Å². The lowest BCUT2D eigenvalue weighted by atomic mass is 9.98. The van der Waals surface area contributed by atoms with Crippen LogP contribution in [-0.4, -0.2) is 63.6 Å². The van der Waals surface area contributed by atoms with E-state index in [0.29, 0.717) is 15.4 Å². The summed E-state index contributed by atoms with van der Waals surface area (Å²) in [6, 6.07) is 4.35. The lowest BCUT2D eigenvalue weighted by Gasteiger charge is -2.32. The van der Waals surface area contributed by atoms with Crippen molar-refractivity contribution in [2.45, 2.75) is 45.6 Å². The number of amides is 3. The fraction of sp³-hybridized carbons (Fsp3) is 0.333. The molecule has 3 amide bonds. The molecule has 0 fully saturated rings. The first-order chi connectivity index (χ1) is 19.8. The number of nitrogens with zero attached hydrogens (tertiary/aromatic N) is 4. The Bertz CT molecular complexity index is 1490. The molecular formula is C27H27F5N6O4. The van der Waals surface area contributed by atoms with Crippen molar-refractivity contribution < 1.29 is 41.8 Å². The second-order valence-electron chi connectivity index (χ2n) is 9.73. The van der Waals surface area contributed by atoms with Crippen molar-refractivity contribution in [3.8, 4) is 11.3 Å². The summed E-state index contributed by atoms with van der Waals surface area (Å²) in [5, 5.41) is 24.4. The second kappa shape index (κ2) is 11.9. The van der Waals surface area contributed by atoms with Crippen LogP contribution in [0.3, 0.4) is 0 Å². The van der Waals surface area contributed by atoms with E-state index in [2.05, 4.69) is 20.6 Å². The van der Waals surface area contributed by atoms with E-state index < -0.39 is 60.7 Å². The third kappa shape index (κ3) is 5.83. The number of anilines is 4. The predicted molar refractivity (Wildman–Crippen MR) is 143 cm³/mol. The normalized spacial score (nSPS) is 13.3. The van der Waals surface area contributed by atoms with Crippen molar-refractivity contribution in [3.05, 3.63) is 59.2 Å². The number of para-hydroxylation sites is 1. The summed E-state index contributed by atoms with van der Waals surface area (Å²) in [6.07, 6.45) is -5.15. The van der Waals surface area contributed by atoms with Crippen LogP contribution in [0.15, 0.2) is 36.4 Å². The number of halogens is 5. The van der Waals surface area contributed by atoms with E-state index in [9.17, 15) is 41.8 Å². The molecule has 2 heterocycles. The molecule has 224 valence electrons. The van der Waals surface area contributed by atoms with Crippen LogP contribution >= 0.6 is 0 Å². The Morgan fingerprint density at radius 3 is 2.33 bits per heavy atom. The monoisotopic (exact) mass is 594 g/mol. The molecule has 3 aromatic rings. The standard InChI is InChI=1S/C27H27F5N6O4/c1-13(2)37(24(41)27(30,31)32)16-8-7-14(3)17(9-16)21-18-10-33-26(42)38(22-19(28)5-4-6-20(22)29)23(18)36-25(35-21)34-15(11-39)12-40/h4-9,13,15,39-40H,10-12H2,1-3H3,(H,33,42)(H,34,35,36). The maximum atomic E-state index is 14.9. The number of aliphatic hydroxyl groups excluding tert-OH is 2. The highest BCUT2D eigenvalue weighted by Gasteiger charge is 2.44. The molecule has 1 aliphatic heterocycles. The van der Waals surface area contributed by atoms with Gasteiger partial charge in [-0.1, -0.05) is 12.1 Å². The molecule has 15 heteroatoms. The highest BCUT2D eigenvalue weighted by molar-refractivity contribution is 6.02. The molecule has 10 nitrogen and oxygen atoms in total. The van der Waals surface area contributed by atoms with Crippen LogP contribution in [0, 0.1) is 18.6 Å². The van der Waals surface area contributed by atoms with Gasteiger partial charge in [-0.2, -0.15) is 18.2 Å². The van der Waals surface area contributed by atoms with Gasteiger partial charge < -0.3 is 25.7 Å². The summed E-state index contributed by atoms with van der Waals surface area (Å²) in [7, 11) is 0. The molecule has 0 saturated heterocycles. The number of nitrogens with one attached hydrogen (secondary N) is 2. The molecule has 0 radical (unpaired) electrons. The average molecular weight is 595 g/mol. The van der Waals surface area contributed by atoms with Crippen molar-refractivity contribution in [3.63, 3.8) is 0 Å². The minimum atomic E-state index is -5.15. The molecule has 0 unspecified atom stereocenters. The molecule has 42 heavy (non-hydrogen) atoms. The van der Waals surface area contributed by atoms with Crippen molar-refractivity contribution >= 4 is 35.1 Å². The van der Waals surface area contributed by atoms with Crippen molar-refractivity contribution in [2.24, 2.45) is 0 Å². The van der Waals surface area contributed by atoms with Crippen LogP contribution in [0.2, 0.25) is 0 Å². The number of carbonyl (C=O) groups excluding carboxylic acids is 2. The van der Waals surface area contributed by atoms with Gasteiger partial charge in [-0.3, -0.25) is 4.79 Å². The number of hydrogen-bond donors (Lipinski definition) is 4. The number of carbonyl (C=O) groups is 2. The van der Waals surface area contributed by atoms with Gasteiger partial charge in [-0.15, -0.1) is 0 Å². The summed E-state index contributed by atoms with van der Waals surface area (Å²) in [5.74, 6) is -4.74. The smallest absolute Gasteiger partial charge is 0.394 e. The van der Waals surface area contributed by atoms with Gasteiger partial charge in [0.2, 0.25) is 5.95 Å². The van der Waals surface area contributed by atoms with E-state index in [1.54, 1.807) is 6.92 Å². The molecule has 0 saturated carbocycles. The molecule has 0 bridgehead atoms. The highest BCUT2D eigenvalue weighted by atomic mass is 19.4. The summed E-state index contributed by atoms with van der Waals surface area (Å²) >= 11 is 0. The summed E-state index contributed by atoms with van der Waals surface area (Å²) < 4.78 is 70.1. The fourth-order valence-corrected chi connectivity index (χ4v) is 4.49. The van der Waals surface area contributed by atoms with E-state index >= 15 is 0 Å². The Hall–Kier alpha value is -4.37. The molecule has 1 aliphatic rings. The average Bonchev–Trinajstić information content (AvgIpc) is 2.92. The molecule has 4 rings (SSSR count). The van der Waals surface area contributed by atoms with Crippen molar-refractivity contribution in [1.82, 2.24) is 15.3 Å². The predicted octanol–water partition coefficient (Wildman–Crippen LogP) is 4.16. The van der Waals surface area contributed by atoms with Gasteiger partial charge in [-0.25, -0.2) is 23.5 Å². The topological polar surface area (TPSA) is 131 Å². The number of rotatable bonds is 8. The van der Waals surface area contributed by atoms with Crippen LogP contribution < -0.4 is 20.4 Å². The third-order valence-electron chi connectivity index (χ3n) is 6.48. The van der Waals surface area contributed by atoms with Gasteiger partial charge in [0.15, 0.2) is 5.82 Å². The van der Waals surface area contributed by atoms with E-state index in [-0.39, 0.29) is 40.8 Å². The number of hydrogen-bond acceptors (Lipinski definition) is 7. The Kier molecular flexibility index (Phi) is 8.63.